The lowest BCUT2D eigenvalue weighted by Crippen LogP contribution is -2.46. The molecule has 5 nitrogen and oxygen atoms in total. The van der Waals surface area contributed by atoms with E-state index in [1.54, 1.807) is 0 Å². The third-order valence-electron chi connectivity index (χ3n) is 3.82. The van der Waals surface area contributed by atoms with Crippen LogP contribution in [0.25, 0.3) is 0 Å². The fourth-order valence-corrected chi connectivity index (χ4v) is 3.07. The van der Waals surface area contributed by atoms with Crippen LogP contribution in [0, 0.1) is 11.8 Å². The van der Waals surface area contributed by atoms with Gasteiger partial charge in [-0.25, -0.2) is 0 Å². The van der Waals surface area contributed by atoms with E-state index in [-0.39, 0.29) is 18.4 Å². The largest absolute Gasteiger partial charge is 0.390 e. The molecular weight excluding hydrogens is 188 g/mol. The molecule has 3 rings (SSSR count). The molecule has 0 aromatic rings. The van der Waals surface area contributed by atoms with Gasteiger partial charge < -0.3 is 24.8 Å². The second-order valence-corrected chi connectivity index (χ2v) is 4.46. The Labute approximate surface area is 81.3 Å². The van der Waals surface area contributed by atoms with Crippen LogP contribution in [0.2, 0.25) is 0 Å². The van der Waals surface area contributed by atoms with E-state index in [1.807, 2.05) is 0 Å². The minimum absolute atomic E-state index is 0.0526. The van der Waals surface area contributed by atoms with Gasteiger partial charge in [-0.3, -0.25) is 0 Å². The number of aliphatic hydroxyl groups is 3. The van der Waals surface area contributed by atoms with Crippen LogP contribution in [0.1, 0.15) is 6.42 Å². The number of hydrogen-bond donors (Lipinski definition) is 3. The highest BCUT2D eigenvalue weighted by molar-refractivity contribution is 5.13. The Bertz CT molecular complexity index is 258. The lowest BCUT2D eigenvalue weighted by atomic mass is 9.84. The highest BCUT2D eigenvalue weighted by Gasteiger charge is 2.66. The maximum absolute atomic E-state index is 10.2. The molecule has 3 fully saturated rings. The summed E-state index contributed by atoms with van der Waals surface area (Å²) in [5, 5.41) is 29.7. The zero-order chi connectivity index (χ0) is 9.92. The van der Waals surface area contributed by atoms with Gasteiger partial charge in [-0.05, 0) is 6.42 Å². The molecule has 2 aliphatic heterocycles. The van der Waals surface area contributed by atoms with Crippen LogP contribution in [0.5, 0.6) is 0 Å². The van der Waals surface area contributed by atoms with Crippen molar-refractivity contribution in [2.24, 2.45) is 11.8 Å². The maximum Gasteiger partial charge on any atom is 0.163 e. The standard InChI is InChI=1S/C9H14O5/c10-6-4-1-2-13-8-5(4)9(12,3-14-8)7(6)11/h4-8,10-12H,1-3H2. The van der Waals surface area contributed by atoms with Crippen molar-refractivity contribution in [3.05, 3.63) is 0 Å². The summed E-state index contributed by atoms with van der Waals surface area (Å²) in [7, 11) is 0. The predicted molar refractivity (Wildman–Crippen MR) is 44.3 cm³/mol. The normalized spacial score (nSPS) is 61.5. The van der Waals surface area contributed by atoms with Gasteiger partial charge in [0.1, 0.15) is 11.7 Å². The minimum atomic E-state index is -1.31. The monoisotopic (exact) mass is 202 g/mol. The first-order valence-corrected chi connectivity index (χ1v) is 4.96. The van der Waals surface area contributed by atoms with Gasteiger partial charge in [0.15, 0.2) is 6.29 Å². The summed E-state index contributed by atoms with van der Waals surface area (Å²) in [5.41, 5.74) is -1.31. The molecule has 0 aromatic carbocycles. The molecule has 6 unspecified atom stereocenters. The van der Waals surface area contributed by atoms with Gasteiger partial charge in [-0.2, -0.15) is 0 Å². The molecule has 0 spiro atoms. The van der Waals surface area contributed by atoms with Crippen molar-refractivity contribution < 1.29 is 24.8 Å². The van der Waals surface area contributed by atoms with Crippen LogP contribution >= 0.6 is 0 Å². The van der Waals surface area contributed by atoms with Gasteiger partial charge in [0, 0.05) is 11.8 Å². The fraction of sp³-hybridized carbons (Fsp3) is 1.00. The Morgan fingerprint density at radius 1 is 1.21 bits per heavy atom. The van der Waals surface area contributed by atoms with Crippen molar-refractivity contribution in [1.29, 1.82) is 0 Å². The molecule has 2 heterocycles. The molecule has 0 radical (unpaired) electrons. The zero-order valence-electron chi connectivity index (χ0n) is 7.67. The number of rotatable bonds is 0. The predicted octanol–water partition coefficient (Wildman–Crippen LogP) is -1.54. The van der Waals surface area contributed by atoms with Crippen molar-refractivity contribution in [2.75, 3.05) is 13.2 Å². The lowest BCUT2D eigenvalue weighted by molar-refractivity contribution is -0.176. The van der Waals surface area contributed by atoms with Crippen molar-refractivity contribution in [3.8, 4) is 0 Å². The van der Waals surface area contributed by atoms with E-state index >= 15 is 0 Å². The Hall–Kier alpha value is -0.200. The summed E-state index contributed by atoms with van der Waals surface area (Å²) in [6, 6.07) is 0. The van der Waals surface area contributed by atoms with E-state index in [1.165, 1.54) is 0 Å². The summed E-state index contributed by atoms with van der Waals surface area (Å²) in [5.74, 6) is -0.377. The average molecular weight is 202 g/mol. The van der Waals surface area contributed by atoms with Gasteiger partial charge in [-0.1, -0.05) is 0 Å². The van der Waals surface area contributed by atoms with E-state index < -0.39 is 24.1 Å². The lowest BCUT2D eigenvalue weighted by Gasteiger charge is -2.31. The molecule has 0 amide bonds. The van der Waals surface area contributed by atoms with E-state index in [0.29, 0.717) is 13.0 Å². The summed E-state index contributed by atoms with van der Waals surface area (Å²) in [6.07, 6.45) is -1.74. The molecular formula is C9H14O5. The quantitative estimate of drug-likeness (QED) is 0.444. The number of ether oxygens (including phenoxy) is 2. The van der Waals surface area contributed by atoms with Crippen molar-refractivity contribution >= 4 is 0 Å². The van der Waals surface area contributed by atoms with E-state index in [0.717, 1.165) is 0 Å². The molecule has 3 N–H and O–H groups in total. The number of hydrogen-bond acceptors (Lipinski definition) is 5. The van der Waals surface area contributed by atoms with Crippen LogP contribution in [0.4, 0.5) is 0 Å². The molecule has 2 saturated heterocycles. The van der Waals surface area contributed by atoms with Crippen molar-refractivity contribution in [2.45, 2.75) is 30.5 Å². The van der Waals surface area contributed by atoms with Crippen LogP contribution in [0.15, 0.2) is 0 Å². The Morgan fingerprint density at radius 2 is 2.00 bits per heavy atom. The van der Waals surface area contributed by atoms with Gasteiger partial charge >= 0.3 is 0 Å². The van der Waals surface area contributed by atoms with E-state index in [2.05, 4.69) is 0 Å². The molecule has 3 aliphatic rings. The summed E-state index contributed by atoms with van der Waals surface area (Å²) < 4.78 is 10.6. The molecule has 80 valence electrons. The first-order valence-electron chi connectivity index (χ1n) is 4.96. The summed E-state index contributed by atoms with van der Waals surface area (Å²) in [4.78, 5) is 0. The smallest absolute Gasteiger partial charge is 0.163 e. The zero-order valence-corrected chi connectivity index (χ0v) is 7.67. The van der Waals surface area contributed by atoms with Crippen LogP contribution in [0.3, 0.4) is 0 Å². The van der Waals surface area contributed by atoms with Crippen LogP contribution < -0.4 is 0 Å². The fourth-order valence-electron chi connectivity index (χ4n) is 3.07. The second kappa shape index (κ2) is 2.68. The molecule has 5 heteroatoms. The average Bonchev–Trinajstić information content (AvgIpc) is 2.63. The van der Waals surface area contributed by atoms with Crippen LogP contribution in [-0.4, -0.2) is 52.6 Å². The molecule has 1 aliphatic carbocycles. The highest BCUT2D eigenvalue weighted by Crippen LogP contribution is 2.51. The van der Waals surface area contributed by atoms with E-state index in [4.69, 9.17) is 9.47 Å². The van der Waals surface area contributed by atoms with Gasteiger partial charge in [0.05, 0.1) is 19.3 Å². The SMILES string of the molecule is OC1C2CCOC3OCC(O)(C1O)C32. The molecule has 14 heavy (non-hydrogen) atoms. The van der Waals surface area contributed by atoms with Gasteiger partial charge in [0.2, 0.25) is 0 Å². The first kappa shape index (κ1) is 9.06. The highest BCUT2D eigenvalue weighted by atomic mass is 16.7. The topological polar surface area (TPSA) is 79.2 Å². The second-order valence-electron chi connectivity index (χ2n) is 4.46. The van der Waals surface area contributed by atoms with Crippen LogP contribution in [-0.2, 0) is 9.47 Å². The minimum Gasteiger partial charge on any atom is -0.390 e. The van der Waals surface area contributed by atoms with E-state index in [9.17, 15) is 15.3 Å². The molecule has 6 atom stereocenters. The Balaban J connectivity index is 2.00. The third kappa shape index (κ3) is 0.869. The Morgan fingerprint density at radius 3 is 2.79 bits per heavy atom. The molecule has 0 bridgehead atoms. The summed E-state index contributed by atoms with van der Waals surface area (Å²) >= 11 is 0. The van der Waals surface area contributed by atoms with Crippen molar-refractivity contribution in [1.82, 2.24) is 0 Å². The molecule has 1 saturated carbocycles. The third-order valence-corrected chi connectivity index (χ3v) is 3.82. The maximum atomic E-state index is 10.2. The molecule has 0 aromatic heterocycles. The summed E-state index contributed by atoms with van der Waals surface area (Å²) in [6.45, 7) is 0.572. The Kier molecular flexibility index (Phi) is 1.73. The number of aliphatic hydroxyl groups excluding tert-OH is 2. The van der Waals surface area contributed by atoms with Gasteiger partial charge in [0.25, 0.3) is 0 Å². The first-order chi connectivity index (χ1) is 6.64. The van der Waals surface area contributed by atoms with Gasteiger partial charge in [-0.15, -0.1) is 0 Å². The van der Waals surface area contributed by atoms with Crippen molar-refractivity contribution in [3.63, 3.8) is 0 Å².